The molecule has 0 amide bonds. The van der Waals surface area contributed by atoms with E-state index in [0.29, 0.717) is 0 Å². The van der Waals surface area contributed by atoms with Gasteiger partial charge in [0.15, 0.2) is 0 Å². The summed E-state index contributed by atoms with van der Waals surface area (Å²) in [6.07, 6.45) is 0. The van der Waals surface area contributed by atoms with Crippen LogP contribution in [-0.4, -0.2) is 7.11 Å². The zero-order chi connectivity index (χ0) is 13.8. The number of ether oxygens (including phenoxy) is 1. The molecular formula is C16H18BrNO. The smallest absolute Gasteiger partial charge is 0.121 e. The highest BCUT2D eigenvalue weighted by molar-refractivity contribution is 9.10. The van der Waals surface area contributed by atoms with Crippen LogP contribution in [0.2, 0.25) is 0 Å². The Labute approximate surface area is 122 Å². The summed E-state index contributed by atoms with van der Waals surface area (Å²) < 4.78 is 6.41. The standard InChI is InChI=1S/C16H18BrNO/c1-11-4-5-13(9-15(11)17)10-18-14-6-7-16(19-3)12(2)8-14/h4-9,18H,10H2,1-3H3. The topological polar surface area (TPSA) is 21.3 Å². The molecule has 1 N–H and O–H groups in total. The number of nitrogens with one attached hydrogen (secondary N) is 1. The third-order valence-corrected chi connectivity index (χ3v) is 3.98. The normalized spacial score (nSPS) is 10.3. The molecular weight excluding hydrogens is 302 g/mol. The van der Waals surface area contributed by atoms with Gasteiger partial charge >= 0.3 is 0 Å². The monoisotopic (exact) mass is 319 g/mol. The van der Waals surface area contributed by atoms with Crippen LogP contribution in [0.1, 0.15) is 16.7 Å². The van der Waals surface area contributed by atoms with Crippen LogP contribution in [0, 0.1) is 13.8 Å². The molecule has 19 heavy (non-hydrogen) atoms. The van der Waals surface area contributed by atoms with E-state index in [-0.39, 0.29) is 0 Å². The van der Waals surface area contributed by atoms with Crippen LogP contribution in [0.3, 0.4) is 0 Å². The second-order valence-corrected chi connectivity index (χ2v) is 5.48. The molecule has 0 spiro atoms. The fraction of sp³-hybridized carbons (Fsp3) is 0.250. The van der Waals surface area contributed by atoms with Gasteiger partial charge in [0.2, 0.25) is 0 Å². The molecule has 0 aromatic heterocycles. The minimum absolute atomic E-state index is 0.810. The van der Waals surface area contributed by atoms with Crippen LogP contribution >= 0.6 is 15.9 Å². The molecule has 0 saturated heterocycles. The summed E-state index contributed by atoms with van der Waals surface area (Å²) in [5, 5.41) is 3.42. The van der Waals surface area contributed by atoms with Gasteiger partial charge in [-0.3, -0.25) is 0 Å². The molecule has 0 saturated carbocycles. The first kappa shape index (κ1) is 13.9. The Morgan fingerprint density at radius 2 is 1.84 bits per heavy atom. The van der Waals surface area contributed by atoms with Crippen LogP contribution < -0.4 is 10.1 Å². The van der Waals surface area contributed by atoms with Crippen molar-refractivity contribution in [1.82, 2.24) is 0 Å². The van der Waals surface area contributed by atoms with Crippen LogP contribution in [-0.2, 0) is 6.54 Å². The van der Waals surface area contributed by atoms with E-state index in [0.717, 1.165) is 28.0 Å². The summed E-state index contributed by atoms with van der Waals surface area (Å²) in [6, 6.07) is 12.5. The van der Waals surface area contributed by atoms with Crippen LogP contribution in [0.4, 0.5) is 5.69 Å². The Balaban J connectivity index is 2.05. The third kappa shape index (κ3) is 3.51. The summed E-state index contributed by atoms with van der Waals surface area (Å²) in [5.74, 6) is 0.920. The number of methoxy groups -OCH3 is 1. The molecule has 2 rings (SSSR count). The summed E-state index contributed by atoms with van der Waals surface area (Å²) in [6.45, 7) is 4.95. The average molecular weight is 320 g/mol. The number of anilines is 1. The molecule has 0 atom stereocenters. The lowest BCUT2D eigenvalue weighted by Crippen LogP contribution is -2.00. The van der Waals surface area contributed by atoms with Crippen molar-refractivity contribution < 1.29 is 4.74 Å². The second-order valence-electron chi connectivity index (χ2n) is 4.62. The van der Waals surface area contributed by atoms with Crippen LogP contribution in [0.15, 0.2) is 40.9 Å². The molecule has 3 heteroatoms. The van der Waals surface area contributed by atoms with Gasteiger partial charge in [0.25, 0.3) is 0 Å². The zero-order valence-electron chi connectivity index (χ0n) is 11.5. The highest BCUT2D eigenvalue weighted by Crippen LogP contribution is 2.22. The number of rotatable bonds is 4. The minimum atomic E-state index is 0.810. The van der Waals surface area contributed by atoms with Crippen LogP contribution in [0.25, 0.3) is 0 Å². The molecule has 0 fully saturated rings. The molecule has 100 valence electrons. The van der Waals surface area contributed by atoms with E-state index in [2.05, 4.69) is 52.4 Å². The summed E-state index contributed by atoms with van der Waals surface area (Å²) in [7, 11) is 1.69. The van der Waals surface area contributed by atoms with Crippen molar-refractivity contribution in [3.05, 3.63) is 57.6 Å². The third-order valence-electron chi connectivity index (χ3n) is 3.13. The van der Waals surface area contributed by atoms with Gasteiger partial charge in [0, 0.05) is 16.7 Å². The highest BCUT2D eigenvalue weighted by Gasteiger charge is 2.01. The number of hydrogen-bond acceptors (Lipinski definition) is 2. The summed E-state index contributed by atoms with van der Waals surface area (Å²) >= 11 is 3.56. The van der Waals surface area contributed by atoms with Gasteiger partial charge in [-0.05, 0) is 54.8 Å². The van der Waals surface area contributed by atoms with Gasteiger partial charge in [-0.25, -0.2) is 0 Å². The van der Waals surface area contributed by atoms with Gasteiger partial charge in [-0.15, -0.1) is 0 Å². The maximum Gasteiger partial charge on any atom is 0.121 e. The quantitative estimate of drug-likeness (QED) is 0.883. The zero-order valence-corrected chi connectivity index (χ0v) is 13.0. The molecule has 0 aliphatic carbocycles. The number of halogens is 1. The molecule has 0 aliphatic rings. The van der Waals surface area contributed by atoms with Gasteiger partial charge < -0.3 is 10.1 Å². The summed E-state index contributed by atoms with van der Waals surface area (Å²) in [4.78, 5) is 0. The molecule has 0 bridgehead atoms. The maximum atomic E-state index is 5.26. The van der Waals surface area contributed by atoms with Gasteiger partial charge in [-0.2, -0.15) is 0 Å². The molecule has 0 aliphatic heterocycles. The van der Waals surface area contributed by atoms with Crippen molar-refractivity contribution in [2.75, 3.05) is 12.4 Å². The Morgan fingerprint density at radius 3 is 2.47 bits per heavy atom. The van der Waals surface area contributed by atoms with Crippen molar-refractivity contribution in [2.24, 2.45) is 0 Å². The predicted molar refractivity (Wildman–Crippen MR) is 83.9 cm³/mol. The number of hydrogen-bond donors (Lipinski definition) is 1. The predicted octanol–water partition coefficient (Wildman–Crippen LogP) is 4.69. The number of benzene rings is 2. The lowest BCUT2D eigenvalue weighted by atomic mass is 10.1. The van der Waals surface area contributed by atoms with Gasteiger partial charge in [0.05, 0.1) is 7.11 Å². The number of aryl methyl sites for hydroxylation is 2. The van der Waals surface area contributed by atoms with Crippen molar-refractivity contribution in [3.8, 4) is 5.75 Å². The Kier molecular flexibility index (Phi) is 4.48. The SMILES string of the molecule is COc1ccc(NCc2ccc(C)c(Br)c2)cc1C. The van der Waals surface area contributed by atoms with E-state index in [1.807, 2.05) is 19.1 Å². The average Bonchev–Trinajstić information content (AvgIpc) is 2.40. The maximum absolute atomic E-state index is 5.26. The van der Waals surface area contributed by atoms with E-state index < -0.39 is 0 Å². The molecule has 2 aromatic carbocycles. The first-order valence-corrected chi connectivity index (χ1v) is 7.03. The molecule has 0 heterocycles. The Hall–Kier alpha value is -1.48. The van der Waals surface area contributed by atoms with Crippen molar-refractivity contribution in [3.63, 3.8) is 0 Å². The van der Waals surface area contributed by atoms with Gasteiger partial charge in [0.1, 0.15) is 5.75 Å². The summed E-state index contributed by atoms with van der Waals surface area (Å²) in [5.41, 5.74) is 4.75. The largest absolute Gasteiger partial charge is 0.496 e. The minimum Gasteiger partial charge on any atom is -0.496 e. The lowest BCUT2D eigenvalue weighted by molar-refractivity contribution is 0.412. The first-order chi connectivity index (χ1) is 9.10. The van der Waals surface area contributed by atoms with Crippen molar-refractivity contribution in [2.45, 2.75) is 20.4 Å². The highest BCUT2D eigenvalue weighted by atomic mass is 79.9. The van der Waals surface area contributed by atoms with E-state index >= 15 is 0 Å². The Morgan fingerprint density at radius 1 is 1.05 bits per heavy atom. The fourth-order valence-electron chi connectivity index (χ4n) is 1.94. The van der Waals surface area contributed by atoms with E-state index in [4.69, 9.17) is 4.74 Å². The van der Waals surface area contributed by atoms with Crippen molar-refractivity contribution >= 4 is 21.6 Å². The first-order valence-electron chi connectivity index (χ1n) is 6.23. The fourth-order valence-corrected chi connectivity index (χ4v) is 2.37. The Bertz CT molecular complexity index is 581. The van der Waals surface area contributed by atoms with E-state index in [1.165, 1.54) is 11.1 Å². The second kappa shape index (κ2) is 6.11. The molecule has 0 unspecified atom stereocenters. The van der Waals surface area contributed by atoms with Crippen LogP contribution in [0.5, 0.6) is 5.75 Å². The molecule has 0 radical (unpaired) electrons. The lowest BCUT2D eigenvalue weighted by Gasteiger charge is -2.10. The molecule has 2 nitrogen and oxygen atoms in total. The van der Waals surface area contributed by atoms with E-state index in [9.17, 15) is 0 Å². The molecule has 2 aromatic rings. The van der Waals surface area contributed by atoms with Crippen molar-refractivity contribution in [1.29, 1.82) is 0 Å². The van der Waals surface area contributed by atoms with E-state index in [1.54, 1.807) is 7.11 Å². The van der Waals surface area contributed by atoms with Gasteiger partial charge in [-0.1, -0.05) is 28.1 Å².